The van der Waals surface area contributed by atoms with E-state index < -0.39 is 0 Å². The van der Waals surface area contributed by atoms with E-state index in [1.165, 1.54) is 18.0 Å². The molecule has 2 heterocycles. The van der Waals surface area contributed by atoms with Crippen LogP contribution in [0.15, 0.2) is 48.9 Å². The van der Waals surface area contributed by atoms with Gasteiger partial charge in [-0.3, -0.25) is 9.78 Å². The van der Waals surface area contributed by atoms with Crippen LogP contribution in [0, 0.1) is 0 Å². The van der Waals surface area contributed by atoms with Crippen LogP contribution >= 0.6 is 0 Å². The summed E-state index contributed by atoms with van der Waals surface area (Å²) in [6.07, 6.45) is 7.34. The summed E-state index contributed by atoms with van der Waals surface area (Å²) >= 11 is 0. The summed E-state index contributed by atoms with van der Waals surface area (Å²) in [6, 6.07) is 10.6. The van der Waals surface area contributed by atoms with Crippen molar-refractivity contribution in [2.45, 2.75) is 44.1 Å². The van der Waals surface area contributed by atoms with Crippen molar-refractivity contribution in [3.05, 3.63) is 60.2 Å². The molecule has 1 aromatic carbocycles. The Morgan fingerprint density at radius 1 is 1.24 bits per heavy atom. The largest absolute Gasteiger partial charge is 0.376 e. The van der Waals surface area contributed by atoms with E-state index in [1.807, 2.05) is 6.07 Å². The molecule has 1 aliphatic rings. The normalized spacial score (nSPS) is 22.3. The number of carbonyl (C=O) groups excluding carboxylic acids is 1. The smallest absolute Gasteiger partial charge is 0.271 e. The third kappa shape index (κ3) is 4.23. The Labute approximate surface area is 148 Å². The van der Waals surface area contributed by atoms with Crippen molar-refractivity contribution in [3.63, 3.8) is 0 Å². The molecule has 0 bridgehead atoms. The molecule has 0 spiro atoms. The molecule has 1 aliphatic heterocycles. The van der Waals surface area contributed by atoms with Crippen molar-refractivity contribution in [1.82, 2.24) is 15.3 Å². The minimum atomic E-state index is -0.178. The van der Waals surface area contributed by atoms with Gasteiger partial charge in [-0.05, 0) is 38.7 Å². The summed E-state index contributed by atoms with van der Waals surface area (Å²) in [5.41, 5.74) is 1.52. The Balaban J connectivity index is 1.72. The van der Waals surface area contributed by atoms with Gasteiger partial charge in [-0.1, -0.05) is 30.3 Å². The first-order valence-electron chi connectivity index (χ1n) is 8.75. The molecule has 1 N–H and O–H groups in total. The molecule has 1 saturated heterocycles. The Bertz CT molecular complexity index is 703. The minimum absolute atomic E-state index is 0.0126. The molecule has 2 aromatic rings. The molecule has 0 radical (unpaired) electrons. The second-order valence-electron chi connectivity index (χ2n) is 7.28. The van der Waals surface area contributed by atoms with Gasteiger partial charge >= 0.3 is 0 Å². The lowest BCUT2D eigenvalue weighted by molar-refractivity contribution is -0.0838. The Hall–Kier alpha value is -2.27. The van der Waals surface area contributed by atoms with Gasteiger partial charge in [0.1, 0.15) is 5.69 Å². The summed E-state index contributed by atoms with van der Waals surface area (Å²) in [7, 11) is 0. The molecule has 132 valence electrons. The fourth-order valence-electron chi connectivity index (χ4n) is 3.80. The average molecular weight is 339 g/mol. The number of amides is 1. The highest BCUT2D eigenvalue weighted by Crippen LogP contribution is 2.43. The van der Waals surface area contributed by atoms with Crippen molar-refractivity contribution in [3.8, 4) is 0 Å². The highest BCUT2D eigenvalue weighted by molar-refractivity contribution is 5.91. The van der Waals surface area contributed by atoms with Crippen LogP contribution in [0.4, 0.5) is 0 Å². The van der Waals surface area contributed by atoms with Crippen LogP contribution < -0.4 is 5.32 Å². The molecule has 1 aromatic heterocycles. The standard InChI is InChI=1S/C20H25N3O2/c1-19(2)15-20(9-13-25-19,16-6-4-3-5-7-16)8-10-23-18(24)17-14-21-11-12-22-17/h3-7,11-12,14H,8-10,13,15H2,1-2H3,(H,23,24)/t20-/m1/s1. The van der Waals surface area contributed by atoms with Crippen LogP contribution in [0.1, 0.15) is 49.2 Å². The van der Waals surface area contributed by atoms with Gasteiger partial charge in [0.15, 0.2) is 0 Å². The fraction of sp³-hybridized carbons (Fsp3) is 0.450. The number of ether oxygens (including phenoxy) is 1. The number of carbonyl (C=O) groups is 1. The van der Waals surface area contributed by atoms with Gasteiger partial charge < -0.3 is 10.1 Å². The van der Waals surface area contributed by atoms with Crippen molar-refractivity contribution in [2.75, 3.05) is 13.2 Å². The van der Waals surface area contributed by atoms with Gasteiger partial charge in [0.2, 0.25) is 0 Å². The summed E-state index contributed by atoms with van der Waals surface area (Å²) in [6.45, 7) is 5.62. The molecule has 0 aliphatic carbocycles. The number of aromatic nitrogens is 2. The van der Waals surface area contributed by atoms with Crippen LogP contribution in [0.2, 0.25) is 0 Å². The number of hydrogen-bond donors (Lipinski definition) is 1. The van der Waals surface area contributed by atoms with Crippen molar-refractivity contribution in [1.29, 1.82) is 0 Å². The van der Waals surface area contributed by atoms with E-state index in [1.54, 1.807) is 6.20 Å². The van der Waals surface area contributed by atoms with Gasteiger partial charge in [-0.25, -0.2) is 4.98 Å². The lowest BCUT2D eigenvalue weighted by Crippen LogP contribution is -2.45. The number of hydrogen-bond acceptors (Lipinski definition) is 4. The topological polar surface area (TPSA) is 64.1 Å². The molecule has 1 fully saturated rings. The van der Waals surface area contributed by atoms with Crippen molar-refractivity contribution >= 4 is 5.91 Å². The first kappa shape index (κ1) is 17.5. The van der Waals surface area contributed by atoms with Crippen LogP contribution in [0.3, 0.4) is 0 Å². The van der Waals surface area contributed by atoms with E-state index in [0.717, 1.165) is 25.9 Å². The average Bonchev–Trinajstić information content (AvgIpc) is 2.62. The molecule has 3 rings (SSSR count). The van der Waals surface area contributed by atoms with E-state index in [4.69, 9.17) is 4.74 Å². The fourth-order valence-corrected chi connectivity index (χ4v) is 3.80. The lowest BCUT2D eigenvalue weighted by atomic mass is 9.67. The van der Waals surface area contributed by atoms with Gasteiger partial charge in [-0.15, -0.1) is 0 Å². The minimum Gasteiger partial charge on any atom is -0.376 e. The summed E-state index contributed by atoms with van der Waals surface area (Å²) in [4.78, 5) is 20.2. The molecule has 25 heavy (non-hydrogen) atoms. The highest BCUT2D eigenvalue weighted by atomic mass is 16.5. The molecule has 1 amide bonds. The van der Waals surface area contributed by atoms with Crippen LogP contribution in [-0.4, -0.2) is 34.6 Å². The zero-order chi connectivity index (χ0) is 17.8. The zero-order valence-corrected chi connectivity index (χ0v) is 14.9. The molecular formula is C20H25N3O2. The molecule has 1 atom stereocenters. The van der Waals surface area contributed by atoms with Crippen molar-refractivity contribution in [2.24, 2.45) is 0 Å². The van der Waals surface area contributed by atoms with Crippen LogP contribution in [-0.2, 0) is 10.2 Å². The molecule has 0 saturated carbocycles. The third-order valence-corrected chi connectivity index (χ3v) is 4.91. The molecule has 5 heteroatoms. The van der Waals surface area contributed by atoms with E-state index in [-0.39, 0.29) is 16.9 Å². The SMILES string of the molecule is CC1(C)C[C@](CCNC(=O)c2cnccn2)(c2ccccc2)CCO1. The molecule has 0 unspecified atom stereocenters. The van der Waals surface area contributed by atoms with Gasteiger partial charge in [0, 0.05) is 31.0 Å². The van der Waals surface area contributed by atoms with E-state index in [0.29, 0.717) is 12.2 Å². The maximum absolute atomic E-state index is 12.2. The summed E-state index contributed by atoms with van der Waals surface area (Å²) in [5.74, 6) is -0.178. The first-order valence-corrected chi connectivity index (χ1v) is 8.75. The molecule has 5 nitrogen and oxygen atoms in total. The van der Waals surface area contributed by atoms with E-state index >= 15 is 0 Å². The number of benzene rings is 1. The van der Waals surface area contributed by atoms with E-state index in [2.05, 4.69) is 53.4 Å². The van der Waals surface area contributed by atoms with Gasteiger partial charge in [0.05, 0.1) is 11.8 Å². The maximum atomic E-state index is 12.2. The zero-order valence-electron chi connectivity index (χ0n) is 14.9. The highest BCUT2D eigenvalue weighted by Gasteiger charge is 2.41. The van der Waals surface area contributed by atoms with E-state index in [9.17, 15) is 4.79 Å². The Morgan fingerprint density at radius 3 is 2.72 bits per heavy atom. The number of nitrogens with zero attached hydrogens (tertiary/aromatic N) is 2. The van der Waals surface area contributed by atoms with Crippen LogP contribution in [0.5, 0.6) is 0 Å². The summed E-state index contributed by atoms with van der Waals surface area (Å²) in [5, 5.41) is 2.99. The Kier molecular flexibility index (Phi) is 5.13. The summed E-state index contributed by atoms with van der Waals surface area (Å²) < 4.78 is 5.93. The Morgan fingerprint density at radius 2 is 2.04 bits per heavy atom. The molecular weight excluding hydrogens is 314 g/mol. The first-order chi connectivity index (χ1) is 12.0. The second-order valence-corrected chi connectivity index (χ2v) is 7.28. The monoisotopic (exact) mass is 339 g/mol. The predicted octanol–water partition coefficient (Wildman–Crippen LogP) is 3.12. The van der Waals surface area contributed by atoms with Gasteiger partial charge in [0.25, 0.3) is 5.91 Å². The lowest BCUT2D eigenvalue weighted by Gasteiger charge is -2.45. The van der Waals surface area contributed by atoms with Crippen molar-refractivity contribution < 1.29 is 9.53 Å². The number of nitrogens with one attached hydrogen (secondary N) is 1. The maximum Gasteiger partial charge on any atom is 0.271 e. The third-order valence-electron chi connectivity index (χ3n) is 4.91. The quantitative estimate of drug-likeness (QED) is 0.909. The van der Waals surface area contributed by atoms with Crippen LogP contribution in [0.25, 0.3) is 0 Å². The second kappa shape index (κ2) is 7.31. The number of rotatable bonds is 5. The van der Waals surface area contributed by atoms with Gasteiger partial charge in [-0.2, -0.15) is 0 Å². The predicted molar refractivity (Wildman–Crippen MR) is 96.4 cm³/mol.